The van der Waals surface area contributed by atoms with Crippen LogP contribution in [0.5, 0.6) is 11.5 Å². The topological polar surface area (TPSA) is 81.8 Å². The molecule has 1 heterocycles. The van der Waals surface area contributed by atoms with Crippen molar-refractivity contribution in [2.24, 2.45) is 0 Å². The first-order chi connectivity index (χ1) is 9.65. The minimum atomic E-state index is -0.991. The van der Waals surface area contributed by atoms with Crippen molar-refractivity contribution in [1.29, 1.82) is 0 Å². The molecular formula is C15H13NO4. The molecule has 1 aliphatic heterocycles. The second-order valence-electron chi connectivity index (χ2n) is 4.47. The Hall–Kier alpha value is -2.69. The maximum absolute atomic E-state index is 11.3. The summed E-state index contributed by atoms with van der Waals surface area (Å²) in [5.41, 5.74) is 7.77. The van der Waals surface area contributed by atoms with E-state index < -0.39 is 5.97 Å². The molecule has 0 aliphatic carbocycles. The average molecular weight is 271 g/mol. The fourth-order valence-corrected chi connectivity index (χ4v) is 2.20. The number of aromatic carboxylic acids is 1. The van der Waals surface area contributed by atoms with Crippen LogP contribution in [0.2, 0.25) is 0 Å². The number of ether oxygens (including phenoxy) is 2. The molecule has 5 nitrogen and oxygen atoms in total. The van der Waals surface area contributed by atoms with E-state index in [1.54, 1.807) is 30.3 Å². The molecular weight excluding hydrogens is 258 g/mol. The van der Waals surface area contributed by atoms with Gasteiger partial charge in [-0.25, -0.2) is 4.79 Å². The Balaban J connectivity index is 2.13. The number of rotatable bonds is 2. The highest BCUT2D eigenvalue weighted by Gasteiger charge is 2.16. The van der Waals surface area contributed by atoms with Crippen molar-refractivity contribution in [2.45, 2.75) is 0 Å². The normalized spacial score (nSPS) is 13.0. The van der Waals surface area contributed by atoms with Gasteiger partial charge in [-0.05, 0) is 41.5 Å². The number of anilines is 1. The maximum atomic E-state index is 11.3. The van der Waals surface area contributed by atoms with Crippen LogP contribution in [-0.2, 0) is 0 Å². The molecule has 2 aromatic carbocycles. The summed E-state index contributed by atoms with van der Waals surface area (Å²) >= 11 is 0. The average Bonchev–Trinajstić information content (AvgIpc) is 2.46. The van der Waals surface area contributed by atoms with Gasteiger partial charge >= 0.3 is 5.97 Å². The quantitative estimate of drug-likeness (QED) is 0.820. The van der Waals surface area contributed by atoms with E-state index in [1.165, 1.54) is 6.07 Å². The smallest absolute Gasteiger partial charge is 0.336 e. The third-order valence-corrected chi connectivity index (χ3v) is 3.13. The predicted molar refractivity (Wildman–Crippen MR) is 74.2 cm³/mol. The lowest BCUT2D eigenvalue weighted by Crippen LogP contribution is -2.15. The molecule has 0 fully saturated rings. The van der Waals surface area contributed by atoms with Crippen molar-refractivity contribution >= 4 is 11.7 Å². The van der Waals surface area contributed by atoms with Gasteiger partial charge in [0, 0.05) is 5.69 Å². The van der Waals surface area contributed by atoms with Gasteiger partial charge in [0.1, 0.15) is 13.2 Å². The second-order valence-corrected chi connectivity index (χ2v) is 4.47. The minimum Gasteiger partial charge on any atom is -0.486 e. The summed E-state index contributed by atoms with van der Waals surface area (Å²) in [6, 6.07) is 10.1. The third kappa shape index (κ3) is 2.14. The van der Waals surface area contributed by atoms with E-state index in [4.69, 9.17) is 15.2 Å². The Labute approximate surface area is 115 Å². The molecule has 0 saturated carbocycles. The summed E-state index contributed by atoms with van der Waals surface area (Å²) in [5, 5.41) is 9.26. The maximum Gasteiger partial charge on any atom is 0.336 e. The molecule has 0 spiro atoms. The summed E-state index contributed by atoms with van der Waals surface area (Å²) in [4.78, 5) is 11.3. The lowest BCUT2D eigenvalue weighted by molar-refractivity contribution is 0.0698. The van der Waals surface area contributed by atoms with Gasteiger partial charge in [-0.1, -0.05) is 6.07 Å². The van der Waals surface area contributed by atoms with Crippen LogP contribution >= 0.6 is 0 Å². The number of hydrogen-bond donors (Lipinski definition) is 2. The van der Waals surface area contributed by atoms with Gasteiger partial charge in [0.05, 0.1) is 5.56 Å². The number of hydrogen-bond acceptors (Lipinski definition) is 4. The lowest BCUT2D eigenvalue weighted by atomic mass is 9.98. The van der Waals surface area contributed by atoms with Gasteiger partial charge < -0.3 is 20.3 Å². The van der Waals surface area contributed by atoms with E-state index in [9.17, 15) is 9.90 Å². The first-order valence-electron chi connectivity index (χ1n) is 6.18. The molecule has 0 atom stereocenters. The molecule has 0 unspecified atom stereocenters. The highest BCUT2D eigenvalue weighted by molar-refractivity contribution is 5.97. The van der Waals surface area contributed by atoms with E-state index in [0.29, 0.717) is 36.0 Å². The van der Waals surface area contributed by atoms with Crippen LogP contribution in [0.3, 0.4) is 0 Å². The van der Waals surface area contributed by atoms with Gasteiger partial charge in [-0.15, -0.1) is 0 Å². The first kappa shape index (κ1) is 12.3. The fourth-order valence-electron chi connectivity index (χ4n) is 2.20. The molecule has 0 amide bonds. The molecule has 102 valence electrons. The van der Waals surface area contributed by atoms with E-state index >= 15 is 0 Å². The third-order valence-electron chi connectivity index (χ3n) is 3.13. The number of fused-ring (bicyclic) bond motifs is 1. The Kier molecular flexibility index (Phi) is 2.95. The SMILES string of the molecule is Nc1ccc(C(=O)O)c(-c2ccc3c(c2)OCCO3)c1. The summed E-state index contributed by atoms with van der Waals surface area (Å²) in [6.07, 6.45) is 0. The van der Waals surface area contributed by atoms with Crippen molar-refractivity contribution in [3.8, 4) is 22.6 Å². The molecule has 3 rings (SSSR count). The summed E-state index contributed by atoms with van der Waals surface area (Å²) in [6.45, 7) is 1.00. The number of carboxylic acid groups (broad SMARTS) is 1. The van der Waals surface area contributed by atoms with Crippen molar-refractivity contribution < 1.29 is 19.4 Å². The van der Waals surface area contributed by atoms with Gasteiger partial charge in [0.2, 0.25) is 0 Å². The largest absolute Gasteiger partial charge is 0.486 e. The lowest BCUT2D eigenvalue weighted by Gasteiger charge is -2.19. The number of carboxylic acids is 1. The molecule has 0 radical (unpaired) electrons. The van der Waals surface area contributed by atoms with Crippen LogP contribution in [0.1, 0.15) is 10.4 Å². The van der Waals surface area contributed by atoms with Gasteiger partial charge in [-0.3, -0.25) is 0 Å². The van der Waals surface area contributed by atoms with Crippen LogP contribution in [0.25, 0.3) is 11.1 Å². The highest BCUT2D eigenvalue weighted by atomic mass is 16.6. The highest BCUT2D eigenvalue weighted by Crippen LogP contribution is 2.36. The zero-order valence-electron chi connectivity index (χ0n) is 10.6. The predicted octanol–water partition coefficient (Wildman–Crippen LogP) is 2.41. The van der Waals surface area contributed by atoms with Crippen molar-refractivity contribution in [3.63, 3.8) is 0 Å². The second kappa shape index (κ2) is 4.77. The monoisotopic (exact) mass is 271 g/mol. The van der Waals surface area contributed by atoms with Crippen molar-refractivity contribution in [3.05, 3.63) is 42.0 Å². The molecule has 1 aliphatic rings. The number of benzene rings is 2. The van der Waals surface area contributed by atoms with Crippen molar-refractivity contribution in [1.82, 2.24) is 0 Å². The van der Waals surface area contributed by atoms with Crippen LogP contribution in [0.4, 0.5) is 5.69 Å². The Bertz CT molecular complexity index is 682. The molecule has 5 heteroatoms. The Morgan fingerprint density at radius 3 is 2.55 bits per heavy atom. The van der Waals surface area contributed by atoms with Crippen LogP contribution in [-0.4, -0.2) is 24.3 Å². The molecule has 0 aromatic heterocycles. The molecule has 0 bridgehead atoms. The van der Waals surface area contributed by atoms with Gasteiger partial charge in [0.25, 0.3) is 0 Å². The Morgan fingerprint density at radius 2 is 1.80 bits per heavy atom. The van der Waals surface area contributed by atoms with E-state index in [-0.39, 0.29) is 5.56 Å². The number of nitrogen functional groups attached to an aromatic ring is 1. The number of nitrogens with two attached hydrogens (primary N) is 1. The van der Waals surface area contributed by atoms with Crippen LogP contribution in [0, 0.1) is 0 Å². The van der Waals surface area contributed by atoms with E-state index in [0.717, 1.165) is 5.56 Å². The Morgan fingerprint density at radius 1 is 1.05 bits per heavy atom. The number of carbonyl (C=O) groups is 1. The van der Waals surface area contributed by atoms with Crippen LogP contribution < -0.4 is 15.2 Å². The molecule has 20 heavy (non-hydrogen) atoms. The zero-order chi connectivity index (χ0) is 14.1. The minimum absolute atomic E-state index is 0.205. The molecule has 3 N–H and O–H groups in total. The summed E-state index contributed by atoms with van der Waals surface area (Å²) < 4.78 is 11.0. The zero-order valence-corrected chi connectivity index (χ0v) is 10.6. The summed E-state index contributed by atoms with van der Waals surface area (Å²) in [7, 11) is 0. The van der Waals surface area contributed by atoms with Gasteiger partial charge in [-0.2, -0.15) is 0 Å². The molecule has 0 saturated heterocycles. The van der Waals surface area contributed by atoms with Crippen molar-refractivity contribution in [2.75, 3.05) is 18.9 Å². The fraction of sp³-hybridized carbons (Fsp3) is 0.133. The van der Waals surface area contributed by atoms with Gasteiger partial charge in [0.15, 0.2) is 11.5 Å². The van der Waals surface area contributed by atoms with Crippen LogP contribution in [0.15, 0.2) is 36.4 Å². The summed E-state index contributed by atoms with van der Waals surface area (Å²) in [5.74, 6) is 0.295. The molecule has 2 aromatic rings. The van der Waals surface area contributed by atoms with E-state index in [2.05, 4.69) is 0 Å². The standard InChI is InChI=1S/C15H13NO4/c16-10-2-3-11(15(17)18)12(8-10)9-1-4-13-14(7-9)20-6-5-19-13/h1-4,7-8H,5-6,16H2,(H,17,18). The first-order valence-corrected chi connectivity index (χ1v) is 6.18. The van der Waals surface area contributed by atoms with E-state index in [1.807, 2.05) is 0 Å².